The maximum absolute atomic E-state index is 12.0. The summed E-state index contributed by atoms with van der Waals surface area (Å²) in [5, 5.41) is 5.58. The lowest BCUT2D eigenvalue weighted by molar-refractivity contribution is -0.121. The van der Waals surface area contributed by atoms with Crippen LogP contribution < -0.4 is 15.4 Å². The molecular formula is C19H26N2O5. The molecule has 0 atom stereocenters. The van der Waals surface area contributed by atoms with E-state index in [0.717, 1.165) is 12.8 Å². The third kappa shape index (κ3) is 6.74. The van der Waals surface area contributed by atoms with Crippen LogP contribution in [0, 0.1) is 5.92 Å². The van der Waals surface area contributed by atoms with Gasteiger partial charge in [-0.05, 0) is 49.9 Å². The Hall–Kier alpha value is -2.57. The van der Waals surface area contributed by atoms with Crippen LogP contribution >= 0.6 is 0 Å². The fraction of sp³-hybridized carbons (Fsp3) is 0.526. The van der Waals surface area contributed by atoms with Crippen LogP contribution in [-0.4, -0.2) is 37.7 Å². The Morgan fingerprint density at radius 2 is 1.69 bits per heavy atom. The van der Waals surface area contributed by atoms with E-state index in [1.807, 2.05) is 0 Å². The molecule has 0 aliphatic heterocycles. The monoisotopic (exact) mass is 362 g/mol. The van der Waals surface area contributed by atoms with E-state index in [1.54, 1.807) is 19.1 Å². The van der Waals surface area contributed by atoms with Crippen molar-refractivity contribution in [2.45, 2.75) is 39.0 Å². The Morgan fingerprint density at radius 3 is 2.35 bits per heavy atom. The van der Waals surface area contributed by atoms with E-state index >= 15 is 0 Å². The van der Waals surface area contributed by atoms with Crippen LogP contribution in [0.15, 0.2) is 24.3 Å². The second-order valence-electron chi connectivity index (χ2n) is 6.27. The molecule has 1 aromatic carbocycles. The van der Waals surface area contributed by atoms with Crippen LogP contribution in [0.1, 0.15) is 49.4 Å². The van der Waals surface area contributed by atoms with E-state index in [4.69, 9.17) is 4.74 Å². The van der Waals surface area contributed by atoms with Gasteiger partial charge in [-0.3, -0.25) is 9.59 Å². The van der Waals surface area contributed by atoms with Crippen LogP contribution in [0.2, 0.25) is 0 Å². The molecule has 0 heterocycles. The smallest absolute Gasteiger partial charge is 0.434 e. The third-order valence-electron chi connectivity index (χ3n) is 4.26. The average molecular weight is 362 g/mol. The molecule has 2 amide bonds. The first kappa shape index (κ1) is 19.8. The predicted octanol–water partition coefficient (Wildman–Crippen LogP) is 2.65. The van der Waals surface area contributed by atoms with E-state index in [9.17, 15) is 14.4 Å². The van der Waals surface area contributed by atoms with Gasteiger partial charge in [-0.25, -0.2) is 4.79 Å². The highest BCUT2D eigenvalue weighted by Crippen LogP contribution is 2.27. The van der Waals surface area contributed by atoms with Crippen molar-refractivity contribution in [3.05, 3.63) is 29.8 Å². The maximum Gasteiger partial charge on any atom is 0.513 e. The molecule has 7 nitrogen and oxygen atoms in total. The van der Waals surface area contributed by atoms with Gasteiger partial charge in [-0.2, -0.15) is 0 Å². The summed E-state index contributed by atoms with van der Waals surface area (Å²) in [6.07, 6.45) is 4.52. The predicted molar refractivity (Wildman–Crippen MR) is 96.0 cm³/mol. The molecule has 0 saturated heterocycles. The molecule has 1 fully saturated rings. The van der Waals surface area contributed by atoms with Crippen molar-refractivity contribution < 1.29 is 23.9 Å². The van der Waals surface area contributed by atoms with Gasteiger partial charge in [0.15, 0.2) is 0 Å². The second-order valence-corrected chi connectivity index (χ2v) is 6.27. The van der Waals surface area contributed by atoms with Gasteiger partial charge < -0.3 is 20.1 Å². The van der Waals surface area contributed by atoms with Gasteiger partial charge in [0.25, 0.3) is 5.91 Å². The second kappa shape index (κ2) is 10.4. The first-order chi connectivity index (χ1) is 12.6. The SMILES string of the molecule is CCOC(=O)Oc1ccc(C(=O)NCCNC(=O)CC2CCCC2)cc1. The molecule has 0 unspecified atom stereocenters. The number of benzene rings is 1. The first-order valence-electron chi connectivity index (χ1n) is 9.08. The van der Waals surface area contributed by atoms with E-state index in [1.165, 1.54) is 25.0 Å². The number of rotatable bonds is 8. The van der Waals surface area contributed by atoms with Crippen LogP contribution in [-0.2, 0) is 9.53 Å². The minimum atomic E-state index is -0.780. The van der Waals surface area contributed by atoms with Gasteiger partial charge in [0.2, 0.25) is 5.91 Å². The topological polar surface area (TPSA) is 93.7 Å². The average Bonchev–Trinajstić information content (AvgIpc) is 3.12. The largest absolute Gasteiger partial charge is 0.513 e. The van der Waals surface area contributed by atoms with Gasteiger partial charge in [-0.15, -0.1) is 0 Å². The highest BCUT2D eigenvalue weighted by atomic mass is 16.7. The molecule has 1 aliphatic rings. The van der Waals surface area contributed by atoms with Gasteiger partial charge in [0.05, 0.1) is 6.61 Å². The Labute approximate surface area is 153 Å². The molecule has 2 N–H and O–H groups in total. The van der Waals surface area contributed by atoms with Crippen LogP contribution in [0.3, 0.4) is 0 Å². The standard InChI is InChI=1S/C19H26N2O5/c1-2-25-19(24)26-16-9-7-15(8-10-16)18(23)21-12-11-20-17(22)13-14-5-3-4-6-14/h7-10,14H,2-6,11-13H2,1H3,(H,20,22)(H,21,23). The lowest BCUT2D eigenvalue weighted by atomic mass is 10.0. The normalized spacial score (nSPS) is 13.9. The Bertz CT molecular complexity index is 609. The van der Waals surface area contributed by atoms with Crippen molar-refractivity contribution >= 4 is 18.0 Å². The highest BCUT2D eigenvalue weighted by Gasteiger charge is 2.18. The molecule has 0 aromatic heterocycles. The summed E-state index contributed by atoms with van der Waals surface area (Å²) in [6.45, 7) is 2.68. The number of carbonyl (C=O) groups is 3. The molecule has 1 saturated carbocycles. The zero-order valence-corrected chi connectivity index (χ0v) is 15.1. The maximum atomic E-state index is 12.0. The van der Waals surface area contributed by atoms with Crippen molar-refractivity contribution in [2.24, 2.45) is 5.92 Å². The van der Waals surface area contributed by atoms with E-state index in [2.05, 4.69) is 15.4 Å². The minimum Gasteiger partial charge on any atom is -0.434 e. The van der Waals surface area contributed by atoms with Crippen molar-refractivity contribution in [2.75, 3.05) is 19.7 Å². The zero-order chi connectivity index (χ0) is 18.8. The molecular weight excluding hydrogens is 336 g/mol. The number of carbonyl (C=O) groups excluding carboxylic acids is 3. The number of hydrogen-bond acceptors (Lipinski definition) is 5. The Balaban J connectivity index is 1.65. The number of ether oxygens (including phenoxy) is 2. The molecule has 0 bridgehead atoms. The van der Waals surface area contributed by atoms with Crippen molar-refractivity contribution in [3.63, 3.8) is 0 Å². The third-order valence-corrected chi connectivity index (χ3v) is 4.26. The van der Waals surface area contributed by atoms with Gasteiger partial charge in [0, 0.05) is 25.1 Å². The van der Waals surface area contributed by atoms with Crippen molar-refractivity contribution in [1.82, 2.24) is 10.6 Å². The number of hydrogen-bond donors (Lipinski definition) is 2. The van der Waals surface area contributed by atoms with Gasteiger partial charge >= 0.3 is 6.16 Å². The zero-order valence-electron chi connectivity index (χ0n) is 15.1. The van der Waals surface area contributed by atoms with E-state index < -0.39 is 6.16 Å². The van der Waals surface area contributed by atoms with Crippen LogP contribution in [0.4, 0.5) is 4.79 Å². The van der Waals surface area contributed by atoms with Crippen LogP contribution in [0.5, 0.6) is 5.75 Å². The quantitative estimate of drug-likeness (QED) is 0.421. The molecule has 0 radical (unpaired) electrons. The summed E-state index contributed by atoms with van der Waals surface area (Å²) < 4.78 is 9.60. The van der Waals surface area contributed by atoms with E-state index in [0.29, 0.717) is 36.7 Å². The van der Waals surface area contributed by atoms with E-state index in [-0.39, 0.29) is 18.4 Å². The summed E-state index contributed by atoms with van der Waals surface area (Å²) in [7, 11) is 0. The van der Waals surface area contributed by atoms with Crippen molar-refractivity contribution in [3.8, 4) is 5.75 Å². The summed E-state index contributed by atoms with van der Waals surface area (Å²) in [5.74, 6) is 0.614. The Morgan fingerprint density at radius 1 is 1.04 bits per heavy atom. The molecule has 0 spiro atoms. The fourth-order valence-electron chi connectivity index (χ4n) is 2.95. The Kier molecular flexibility index (Phi) is 7.92. The molecule has 7 heteroatoms. The van der Waals surface area contributed by atoms with Gasteiger partial charge in [0.1, 0.15) is 5.75 Å². The summed E-state index contributed by atoms with van der Waals surface area (Å²) in [5.41, 5.74) is 0.443. The summed E-state index contributed by atoms with van der Waals surface area (Å²) >= 11 is 0. The number of amides is 2. The fourth-order valence-corrected chi connectivity index (χ4v) is 2.95. The highest BCUT2D eigenvalue weighted by molar-refractivity contribution is 5.94. The van der Waals surface area contributed by atoms with Crippen molar-refractivity contribution in [1.29, 1.82) is 0 Å². The lowest BCUT2D eigenvalue weighted by Gasteiger charge is -2.10. The summed E-state index contributed by atoms with van der Waals surface area (Å²) in [6, 6.07) is 6.16. The molecule has 142 valence electrons. The molecule has 26 heavy (non-hydrogen) atoms. The first-order valence-corrected chi connectivity index (χ1v) is 9.08. The van der Waals surface area contributed by atoms with Crippen LogP contribution in [0.25, 0.3) is 0 Å². The van der Waals surface area contributed by atoms with Gasteiger partial charge in [-0.1, -0.05) is 12.8 Å². The lowest BCUT2D eigenvalue weighted by Crippen LogP contribution is -2.35. The molecule has 2 rings (SSSR count). The summed E-state index contributed by atoms with van der Waals surface area (Å²) in [4.78, 5) is 35.1. The minimum absolute atomic E-state index is 0.0478. The molecule has 1 aromatic rings. The molecule has 1 aliphatic carbocycles. The number of nitrogens with one attached hydrogen (secondary N) is 2.